The Morgan fingerprint density at radius 1 is 0.440 bits per heavy atom. The highest BCUT2D eigenvalue weighted by Gasteiger charge is 2.30. The van der Waals surface area contributed by atoms with Crippen LogP contribution in [0.3, 0.4) is 0 Å². The molecule has 0 aromatic heterocycles. The summed E-state index contributed by atoms with van der Waals surface area (Å²) in [5.74, 6) is 3.98. The van der Waals surface area contributed by atoms with Crippen LogP contribution in [0, 0.1) is 30.3 Å². The summed E-state index contributed by atoms with van der Waals surface area (Å²) >= 11 is 0. The number of hydrogen-bond acceptors (Lipinski definition) is 9. The Morgan fingerprint density at radius 3 is 1.37 bits per heavy atom. The quantitative estimate of drug-likeness (QED) is 0.133. The molecular formula is C63H59F3O9. The number of fused-ring (bicyclic) bond motifs is 4. The van der Waals surface area contributed by atoms with Crippen molar-refractivity contribution in [1.29, 1.82) is 0 Å². The highest BCUT2D eigenvalue weighted by molar-refractivity contribution is 5.46. The molecule has 9 nitrogen and oxygen atoms in total. The van der Waals surface area contributed by atoms with E-state index in [1.165, 1.54) is 30.9 Å². The number of ether oxygens (including phenoxy) is 5. The number of methoxy groups -OCH3 is 1. The van der Waals surface area contributed by atoms with E-state index in [1.54, 1.807) is 97.9 Å². The van der Waals surface area contributed by atoms with Crippen LogP contribution in [0.4, 0.5) is 13.2 Å². The van der Waals surface area contributed by atoms with Crippen LogP contribution in [0.2, 0.25) is 0 Å². The molecule has 386 valence electrons. The molecule has 0 saturated carbocycles. The molecule has 5 unspecified atom stereocenters. The number of phenolic OH excluding ortho intramolecular Hbond substituents is 4. The van der Waals surface area contributed by atoms with E-state index in [0.29, 0.717) is 28.4 Å². The summed E-state index contributed by atoms with van der Waals surface area (Å²) in [5, 5.41) is 37.8. The first-order valence-corrected chi connectivity index (χ1v) is 25.1. The largest absolute Gasteiger partial charge is 0.508 e. The number of rotatable bonds is 5. The highest BCUT2D eigenvalue weighted by atomic mass is 19.1. The maximum atomic E-state index is 13.7. The summed E-state index contributed by atoms with van der Waals surface area (Å²) in [4.78, 5) is 0. The molecule has 0 fully saturated rings. The van der Waals surface area contributed by atoms with E-state index >= 15 is 0 Å². The fourth-order valence-electron chi connectivity index (χ4n) is 10.1. The van der Waals surface area contributed by atoms with Gasteiger partial charge in [-0.05, 0) is 182 Å². The Hall–Kier alpha value is -8.25. The zero-order valence-electron chi connectivity index (χ0n) is 41.9. The van der Waals surface area contributed by atoms with Gasteiger partial charge in [0.25, 0.3) is 0 Å². The van der Waals surface area contributed by atoms with Crippen molar-refractivity contribution in [2.24, 2.45) is 5.92 Å². The van der Waals surface area contributed by atoms with E-state index in [4.69, 9.17) is 23.7 Å². The maximum Gasteiger partial charge on any atom is 0.165 e. The Balaban J connectivity index is 0.000000123. The molecule has 0 spiro atoms. The Kier molecular flexibility index (Phi) is 16.1. The second kappa shape index (κ2) is 23.3. The average molecular weight is 1020 g/mol. The van der Waals surface area contributed by atoms with Crippen molar-refractivity contribution in [3.05, 3.63) is 231 Å². The van der Waals surface area contributed by atoms with Crippen LogP contribution in [0.5, 0.6) is 51.7 Å². The van der Waals surface area contributed by atoms with Crippen LogP contribution in [-0.4, -0.2) is 27.5 Å². The summed E-state index contributed by atoms with van der Waals surface area (Å²) in [5.41, 5.74) is 8.11. The first-order chi connectivity index (χ1) is 36.3. The molecule has 5 atom stereocenters. The average Bonchev–Trinajstić information content (AvgIpc) is 3.42. The lowest BCUT2D eigenvalue weighted by Crippen LogP contribution is -2.23. The fraction of sp³-hybridized carbons (Fsp3) is 0.238. The standard InChI is InChI=1S/C16H15FO3.C16H15FO2.C16H16O2.C15H13FO2/c1-19-16-12(3-2-4-13(16)17)15-7-5-10-9-11(18)6-8-14(10)20-15;1-10-13(3-2-4-14(10)17)16-7-5-11-9-12(18)6-8-15(11)19-16;1-11-9-13-10-14(17)7-8-15(13)18-16(11)12-5-3-2-4-6-12;16-13-4-2-1-3-12(13)15-7-5-10-9-11(17)6-8-14(10)18-15/h2-4,6,8-9,15,18H,5,7H2,1H3;2-4,6,8-9,16,18H,5,7H2,1H3;2-8,10-11,16-17H,9H2,1H3;1-4,6,8-9,15,17H,5,7H2. The molecule has 8 aromatic carbocycles. The number of hydrogen-bond donors (Lipinski definition) is 4. The highest BCUT2D eigenvalue weighted by Crippen LogP contribution is 2.43. The smallest absolute Gasteiger partial charge is 0.165 e. The summed E-state index contributed by atoms with van der Waals surface area (Å²) in [7, 11) is 1.46. The molecule has 4 aliphatic heterocycles. The second-order valence-electron chi connectivity index (χ2n) is 19.1. The molecule has 4 heterocycles. The Morgan fingerprint density at radius 2 is 0.853 bits per heavy atom. The fourth-order valence-corrected chi connectivity index (χ4v) is 10.1. The minimum absolute atomic E-state index is 0.100. The van der Waals surface area contributed by atoms with Gasteiger partial charge in [-0.15, -0.1) is 0 Å². The molecule has 0 amide bonds. The van der Waals surface area contributed by atoms with Gasteiger partial charge in [0.05, 0.1) is 7.11 Å². The van der Waals surface area contributed by atoms with Crippen LogP contribution in [0.25, 0.3) is 0 Å². The van der Waals surface area contributed by atoms with Crippen molar-refractivity contribution < 1.29 is 57.3 Å². The number of aryl methyl sites for hydroxylation is 3. The van der Waals surface area contributed by atoms with Crippen molar-refractivity contribution in [3.63, 3.8) is 0 Å². The van der Waals surface area contributed by atoms with Gasteiger partial charge in [-0.2, -0.15) is 0 Å². The molecule has 8 aromatic rings. The van der Waals surface area contributed by atoms with Crippen molar-refractivity contribution in [2.45, 2.75) is 83.2 Å². The molecule has 0 saturated heterocycles. The van der Waals surface area contributed by atoms with Gasteiger partial charge in [0, 0.05) is 17.0 Å². The normalized spacial score (nSPS) is 18.7. The minimum Gasteiger partial charge on any atom is -0.508 e. The minimum atomic E-state index is -0.384. The van der Waals surface area contributed by atoms with E-state index < -0.39 is 0 Å². The van der Waals surface area contributed by atoms with Crippen LogP contribution in [0.1, 0.15) is 101 Å². The van der Waals surface area contributed by atoms with Gasteiger partial charge in [-0.1, -0.05) is 79.7 Å². The van der Waals surface area contributed by atoms with Crippen molar-refractivity contribution in [1.82, 2.24) is 0 Å². The summed E-state index contributed by atoms with van der Waals surface area (Å²) in [6, 6.07) is 47.4. The lowest BCUT2D eigenvalue weighted by atomic mass is 9.88. The van der Waals surface area contributed by atoms with Gasteiger partial charge in [0.15, 0.2) is 11.6 Å². The number of halogens is 3. The van der Waals surface area contributed by atoms with E-state index in [0.717, 1.165) is 95.8 Å². The summed E-state index contributed by atoms with van der Waals surface area (Å²) < 4.78 is 69.9. The van der Waals surface area contributed by atoms with Gasteiger partial charge in [0.2, 0.25) is 0 Å². The van der Waals surface area contributed by atoms with Gasteiger partial charge in [-0.25, -0.2) is 13.2 Å². The molecule has 0 radical (unpaired) electrons. The topological polar surface area (TPSA) is 127 Å². The maximum absolute atomic E-state index is 13.7. The van der Waals surface area contributed by atoms with Crippen molar-refractivity contribution in [3.8, 4) is 51.7 Å². The Labute approximate surface area is 435 Å². The number of phenols is 4. The Bertz CT molecular complexity index is 3260. The van der Waals surface area contributed by atoms with Gasteiger partial charge in [-0.3, -0.25) is 0 Å². The predicted octanol–water partition coefficient (Wildman–Crippen LogP) is 14.8. The number of para-hydroxylation sites is 1. The molecular weight excluding hydrogens is 958 g/mol. The van der Waals surface area contributed by atoms with E-state index in [1.807, 2.05) is 42.5 Å². The third-order valence-electron chi connectivity index (χ3n) is 13.9. The lowest BCUT2D eigenvalue weighted by molar-refractivity contribution is 0.123. The zero-order chi connectivity index (χ0) is 52.6. The number of benzene rings is 8. The molecule has 12 heteroatoms. The second-order valence-corrected chi connectivity index (χ2v) is 19.1. The van der Waals surface area contributed by atoms with Crippen molar-refractivity contribution >= 4 is 0 Å². The van der Waals surface area contributed by atoms with Gasteiger partial charge >= 0.3 is 0 Å². The first-order valence-electron chi connectivity index (χ1n) is 25.1. The van der Waals surface area contributed by atoms with E-state index in [2.05, 4.69) is 19.1 Å². The third-order valence-corrected chi connectivity index (χ3v) is 13.9. The van der Waals surface area contributed by atoms with Crippen LogP contribution < -0.4 is 23.7 Å². The predicted molar refractivity (Wildman–Crippen MR) is 281 cm³/mol. The molecule has 0 bridgehead atoms. The van der Waals surface area contributed by atoms with E-state index in [9.17, 15) is 33.6 Å². The first kappa shape index (κ1) is 51.6. The molecule has 0 aliphatic carbocycles. The van der Waals surface area contributed by atoms with Gasteiger partial charge < -0.3 is 44.1 Å². The molecule has 4 N–H and O–H groups in total. The van der Waals surface area contributed by atoms with Gasteiger partial charge in [0.1, 0.15) is 82.0 Å². The molecule has 12 rings (SSSR count). The SMILES string of the molecule is CC1Cc2cc(O)ccc2OC1c1ccccc1.COc1c(F)cccc1C1CCc2cc(O)ccc2O1.Cc1c(F)cccc1C1CCc2cc(O)ccc2O1.Oc1ccc2c(c1)CCC(c1ccccc1F)O2. The van der Waals surface area contributed by atoms with Crippen LogP contribution >= 0.6 is 0 Å². The molecule has 4 aliphatic rings. The molecule has 75 heavy (non-hydrogen) atoms. The van der Waals surface area contributed by atoms with Crippen LogP contribution in [0.15, 0.2) is 164 Å². The van der Waals surface area contributed by atoms with Crippen molar-refractivity contribution in [2.75, 3.05) is 7.11 Å². The number of aromatic hydroxyl groups is 4. The summed E-state index contributed by atoms with van der Waals surface area (Å²) in [6.45, 7) is 3.96. The third kappa shape index (κ3) is 12.2. The zero-order valence-corrected chi connectivity index (χ0v) is 41.9. The van der Waals surface area contributed by atoms with Crippen LogP contribution in [-0.2, 0) is 25.7 Å². The monoisotopic (exact) mass is 1020 g/mol. The summed E-state index contributed by atoms with van der Waals surface area (Å²) in [6.07, 6.45) is 5.04. The lowest BCUT2D eigenvalue weighted by Gasteiger charge is -2.32. The van der Waals surface area contributed by atoms with E-state index in [-0.39, 0.29) is 64.9 Å².